The average molecular weight is 759 g/mol. The van der Waals surface area contributed by atoms with Crippen LogP contribution in [-0.4, -0.2) is 6.88 Å². The Kier molecular flexibility index (Phi) is 18.2. The zero-order chi connectivity index (χ0) is 31.5. The first-order valence-electron chi connectivity index (χ1n) is 15.2. The normalized spacial score (nSPS) is 10.3. The van der Waals surface area contributed by atoms with Gasteiger partial charge in [0.1, 0.15) is 0 Å². The molecular weight excluding hydrogens is 707 g/mol. The Hall–Kier alpha value is -2.22. The molecule has 0 amide bonds. The maximum atomic E-state index is 3.06. The van der Waals surface area contributed by atoms with Gasteiger partial charge in [0.25, 0.3) is 0 Å². The van der Waals surface area contributed by atoms with Crippen molar-refractivity contribution in [3.8, 4) is 22.3 Å². The van der Waals surface area contributed by atoms with Crippen LogP contribution < -0.4 is 0 Å². The predicted octanol–water partition coefficient (Wildman–Crippen LogP) is 13.5. The van der Waals surface area contributed by atoms with Crippen LogP contribution in [0, 0.1) is 42.5 Å². The van der Waals surface area contributed by atoms with Crippen LogP contribution in [0.2, 0.25) is 0 Å². The first-order valence-corrected chi connectivity index (χ1v) is 19.4. The third-order valence-electron chi connectivity index (χ3n) is 8.42. The molecule has 6 rings (SSSR count). The van der Waals surface area contributed by atoms with Gasteiger partial charge < -0.3 is 14.9 Å². The maximum absolute atomic E-state index is 3.06. The number of halogens is 2. The van der Waals surface area contributed by atoms with Gasteiger partial charge in [-0.2, -0.15) is 12.1 Å². The molecule has 0 N–H and O–H groups in total. The van der Waals surface area contributed by atoms with Crippen LogP contribution in [0.4, 0.5) is 0 Å². The molecule has 4 heteroatoms. The van der Waals surface area contributed by atoms with Gasteiger partial charge in [-0.1, -0.05) is 120 Å². The van der Waals surface area contributed by atoms with Crippen molar-refractivity contribution < 1.29 is 23.3 Å². The van der Waals surface area contributed by atoms with Gasteiger partial charge in [-0.25, -0.2) is 0 Å². The SMILES string of the molecule is CC(C)c1cc2c(-c3ccc(C(C)(C)C)cc3)cccc2[cH-]1.Cc1ccc(-c2ccc(C)c3[cH-]c(C)cc23)c(C)c1.Cl.Cl.[CH3-].[CH3-].[Si]=[Zr]. The average Bonchev–Trinajstić information content (AvgIpc) is 3.59. The molecule has 6 aromatic carbocycles. The van der Waals surface area contributed by atoms with Crippen LogP contribution in [0.1, 0.15) is 73.9 Å². The minimum atomic E-state index is 0. The molecule has 0 unspecified atom stereocenters. The van der Waals surface area contributed by atoms with Gasteiger partial charge in [-0.15, -0.1) is 93.4 Å². The molecule has 250 valence electrons. The number of benzene rings is 4. The number of hydrogen-bond acceptors (Lipinski definition) is 0. The molecule has 0 aliphatic rings. The Bertz CT molecular complexity index is 1850. The van der Waals surface area contributed by atoms with Crippen LogP contribution in [0.3, 0.4) is 0 Å². The third kappa shape index (κ3) is 10.4. The Balaban J connectivity index is 0.000000797. The molecular formula is C43H52Cl2SiZr-4. The topological polar surface area (TPSA) is 0 Å². The molecule has 0 atom stereocenters. The second-order valence-electron chi connectivity index (χ2n) is 13.2. The molecule has 0 aliphatic heterocycles. The van der Waals surface area contributed by atoms with Gasteiger partial charge in [0, 0.05) is 0 Å². The van der Waals surface area contributed by atoms with E-state index < -0.39 is 0 Å². The summed E-state index contributed by atoms with van der Waals surface area (Å²) >= 11 is 1.36. The number of fused-ring (bicyclic) bond motifs is 2. The summed E-state index contributed by atoms with van der Waals surface area (Å²) in [5.41, 5.74) is 13.7. The van der Waals surface area contributed by atoms with Gasteiger partial charge in [0.15, 0.2) is 0 Å². The van der Waals surface area contributed by atoms with Crippen LogP contribution >= 0.6 is 24.8 Å². The zero-order valence-electron chi connectivity index (χ0n) is 30.1. The summed E-state index contributed by atoms with van der Waals surface area (Å²) in [6.45, 7) is 23.1. The predicted molar refractivity (Wildman–Crippen MR) is 215 cm³/mol. The molecule has 0 aliphatic carbocycles. The summed E-state index contributed by atoms with van der Waals surface area (Å²) in [6, 6.07) is 36.1. The Morgan fingerprint density at radius 2 is 1.26 bits per heavy atom. The van der Waals surface area contributed by atoms with Crippen LogP contribution in [0.15, 0.2) is 97.1 Å². The summed E-state index contributed by atoms with van der Waals surface area (Å²) in [6.07, 6.45) is 0. The number of aryl methyl sites for hydroxylation is 4. The Labute approximate surface area is 315 Å². The summed E-state index contributed by atoms with van der Waals surface area (Å²) < 4.78 is 0. The third-order valence-corrected chi connectivity index (χ3v) is 8.42. The van der Waals surface area contributed by atoms with Gasteiger partial charge in [-0.3, -0.25) is 0 Å². The first-order chi connectivity index (χ1) is 20.4. The van der Waals surface area contributed by atoms with Crippen molar-refractivity contribution in [1.82, 2.24) is 0 Å². The van der Waals surface area contributed by atoms with Crippen molar-refractivity contribution in [3.63, 3.8) is 0 Å². The molecule has 0 nitrogen and oxygen atoms in total. The fraction of sp³-hybridized carbons (Fsp3) is 0.256. The quantitative estimate of drug-likeness (QED) is 0.125. The second-order valence-corrected chi connectivity index (χ2v) is 13.2. The molecule has 47 heavy (non-hydrogen) atoms. The molecule has 0 spiro atoms. The van der Waals surface area contributed by atoms with Crippen molar-refractivity contribution in [2.75, 3.05) is 0 Å². The minimum absolute atomic E-state index is 0. The second kappa shape index (κ2) is 19.1. The molecule has 2 radical (unpaired) electrons. The van der Waals surface area contributed by atoms with E-state index in [-0.39, 0.29) is 45.1 Å². The zero-order valence-corrected chi connectivity index (χ0v) is 35.2. The number of hydrogen-bond donors (Lipinski definition) is 0. The van der Waals surface area contributed by atoms with E-state index in [9.17, 15) is 0 Å². The molecule has 6 aromatic rings. The van der Waals surface area contributed by atoms with E-state index in [0.717, 1.165) is 0 Å². The Morgan fingerprint density at radius 1 is 0.638 bits per heavy atom. The van der Waals surface area contributed by atoms with Crippen molar-refractivity contribution >= 4 is 53.2 Å². The summed E-state index contributed by atoms with van der Waals surface area (Å²) in [5, 5.41) is 5.48. The summed E-state index contributed by atoms with van der Waals surface area (Å²) in [7, 11) is 0. The van der Waals surface area contributed by atoms with Gasteiger partial charge in [0.05, 0.1) is 0 Å². The van der Waals surface area contributed by atoms with E-state index in [0.29, 0.717) is 5.92 Å². The van der Waals surface area contributed by atoms with Crippen molar-refractivity contribution in [3.05, 3.63) is 145 Å². The van der Waals surface area contributed by atoms with E-state index >= 15 is 0 Å². The standard InChI is InChI=1S/C22H25.C19H19.2CH3.2ClH.Si.Zr/c1-15(2)18-13-17-7-6-8-20(21(17)14-18)16-9-11-19(12-10-16)22(3,4)5;1-12-5-7-16(15(4)9-12)17-8-6-14(3)18-10-13(2)11-19(17)18;;;;;;/h6-15H,1-5H3;5-11H,1-4H3;2*1H3;2*1H;;/q4*-1;;;;. The van der Waals surface area contributed by atoms with Crippen molar-refractivity contribution in [1.29, 1.82) is 0 Å². The van der Waals surface area contributed by atoms with Crippen LogP contribution in [0.5, 0.6) is 0 Å². The fourth-order valence-corrected chi connectivity index (χ4v) is 5.93. The summed E-state index contributed by atoms with van der Waals surface area (Å²) in [4.78, 5) is 0. The van der Waals surface area contributed by atoms with Crippen molar-refractivity contribution in [2.45, 2.75) is 73.6 Å². The van der Waals surface area contributed by atoms with Gasteiger partial charge in [0.2, 0.25) is 0 Å². The molecule has 0 bridgehead atoms. The van der Waals surface area contributed by atoms with Gasteiger partial charge >= 0.3 is 30.2 Å². The van der Waals surface area contributed by atoms with E-state index in [1.54, 1.807) is 0 Å². The van der Waals surface area contributed by atoms with E-state index in [4.69, 9.17) is 0 Å². The summed E-state index contributed by atoms with van der Waals surface area (Å²) in [5.74, 6) is 0.573. The monoisotopic (exact) mass is 756 g/mol. The molecule has 0 fully saturated rings. The fourth-order valence-electron chi connectivity index (χ4n) is 5.93. The molecule has 0 aromatic heterocycles. The van der Waals surface area contributed by atoms with E-state index in [1.807, 2.05) is 0 Å². The van der Waals surface area contributed by atoms with Gasteiger partial charge in [-0.05, 0) is 47.4 Å². The van der Waals surface area contributed by atoms with Crippen LogP contribution in [-0.2, 0) is 28.8 Å². The van der Waals surface area contributed by atoms with E-state index in [2.05, 4.69) is 166 Å². The van der Waals surface area contributed by atoms with Crippen LogP contribution in [0.25, 0.3) is 43.8 Å². The Morgan fingerprint density at radius 3 is 1.83 bits per heavy atom. The number of rotatable bonds is 3. The molecule has 0 saturated carbocycles. The molecule has 0 saturated heterocycles. The van der Waals surface area contributed by atoms with Crippen molar-refractivity contribution in [2.24, 2.45) is 0 Å². The van der Waals surface area contributed by atoms with E-state index in [1.165, 1.54) is 101 Å². The first kappa shape index (κ1) is 44.8. The molecule has 0 heterocycles.